The number of hydrazone groups is 1. The van der Waals surface area contributed by atoms with Crippen molar-refractivity contribution in [2.75, 3.05) is 67.8 Å². The van der Waals surface area contributed by atoms with Crippen LogP contribution in [-0.4, -0.2) is 68.8 Å². The number of hydrogen-bond acceptors (Lipinski definition) is 9. The highest BCUT2D eigenvalue weighted by molar-refractivity contribution is 6.31. The fourth-order valence-electron chi connectivity index (χ4n) is 3.94. The van der Waals surface area contributed by atoms with Crippen molar-refractivity contribution >= 4 is 35.4 Å². The zero-order chi connectivity index (χ0) is 24.6. The van der Waals surface area contributed by atoms with Crippen molar-refractivity contribution in [3.8, 4) is 5.75 Å². The number of hydrogen-bond donors (Lipinski definition) is 1. The van der Waals surface area contributed by atoms with E-state index in [-0.39, 0.29) is 0 Å². The molecule has 5 rings (SSSR count). The summed E-state index contributed by atoms with van der Waals surface area (Å²) in [5.41, 5.74) is 4.96. The molecule has 2 saturated heterocycles. The normalized spacial score (nSPS) is 16.4. The van der Waals surface area contributed by atoms with E-state index >= 15 is 0 Å². The summed E-state index contributed by atoms with van der Waals surface area (Å²) in [6.45, 7) is 6.26. The molecule has 0 bridgehead atoms. The first-order valence-corrected chi connectivity index (χ1v) is 12.4. The number of ether oxygens (including phenoxy) is 3. The molecule has 2 aliphatic rings. The third kappa shape index (κ3) is 6.42. The molecular formula is C26H29ClN6O3. The maximum Gasteiger partial charge on any atom is 0.229 e. The maximum atomic E-state index is 6.20. The number of nitrogens with zero attached hydrogens (tertiary/aromatic N) is 5. The Morgan fingerprint density at radius 1 is 0.917 bits per heavy atom. The molecular weight excluding hydrogens is 480 g/mol. The summed E-state index contributed by atoms with van der Waals surface area (Å²) in [5.74, 6) is 2.96. The SMILES string of the molecule is Clc1ccccc1COc1ccc(/C=N/Nc2cc(N3CCOCC3)nc(N3CCOCC3)n2)cc1. The van der Waals surface area contributed by atoms with Crippen LogP contribution in [0.3, 0.4) is 0 Å². The van der Waals surface area contributed by atoms with Gasteiger partial charge < -0.3 is 24.0 Å². The molecule has 188 valence electrons. The molecule has 0 atom stereocenters. The average Bonchev–Trinajstić information content (AvgIpc) is 2.94. The Morgan fingerprint density at radius 3 is 2.33 bits per heavy atom. The van der Waals surface area contributed by atoms with E-state index < -0.39 is 0 Å². The minimum absolute atomic E-state index is 0.416. The van der Waals surface area contributed by atoms with Crippen LogP contribution in [0.2, 0.25) is 5.02 Å². The van der Waals surface area contributed by atoms with Gasteiger partial charge in [0.25, 0.3) is 0 Å². The Hall–Kier alpha value is -3.40. The lowest BCUT2D eigenvalue weighted by molar-refractivity contribution is 0.121. The van der Waals surface area contributed by atoms with Crippen LogP contribution < -0.4 is 20.0 Å². The minimum Gasteiger partial charge on any atom is -0.489 e. The number of halogens is 1. The molecule has 0 spiro atoms. The second kappa shape index (κ2) is 12.0. The van der Waals surface area contributed by atoms with Crippen molar-refractivity contribution in [2.24, 2.45) is 5.10 Å². The highest BCUT2D eigenvalue weighted by atomic mass is 35.5. The van der Waals surface area contributed by atoms with Gasteiger partial charge in [0, 0.05) is 42.8 Å². The minimum atomic E-state index is 0.416. The zero-order valence-electron chi connectivity index (χ0n) is 20.0. The van der Waals surface area contributed by atoms with Gasteiger partial charge in [-0.1, -0.05) is 29.8 Å². The van der Waals surface area contributed by atoms with Crippen molar-refractivity contribution < 1.29 is 14.2 Å². The van der Waals surface area contributed by atoms with Crippen LogP contribution in [0.4, 0.5) is 17.6 Å². The Kier molecular flexibility index (Phi) is 8.12. The van der Waals surface area contributed by atoms with E-state index in [0.29, 0.717) is 49.8 Å². The fraction of sp³-hybridized carbons (Fsp3) is 0.346. The van der Waals surface area contributed by atoms with E-state index in [4.69, 9.17) is 35.8 Å². The molecule has 2 aliphatic heterocycles. The number of anilines is 3. The number of benzene rings is 2. The topological polar surface area (TPSA) is 84.3 Å². The summed E-state index contributed by atoms with van der Waals surface area (Å²) >= 11 is 6.20. The highest BCUT2D eigenvalue weighted by Gasteiger charge is 2.19. The predicted octanol–water partition coefficient (Wildman–Crippen LogP) is 3.83. The van der Waals surface area contributed by atoms with Crippen molar-refractivity contribution in [3.05, 3.63) is 70.7 Å². The third-order valence-electron chi connectivity index (χ3n) is 5.95. The van der Waals surface area contributed by atoms with Gasteiger partial charge >= 0.3 is 0 Å². The molecule has 0 radical (unpaired) electrons. The summed E-state index contributed by atoms with van der Waals surface area (Å²) < 4.78 is 16.8. The lowest BCUT2D eigenvalue weighted by atomic mass is 10.2. The number of aromatic nitrogens is 2. The second-order valence-corrected chi connectivity index (χ2v) is 8.84. The zero-order valence-corrected chi connectivity index (χ0v) is 20.7. The van der Waals surface area contributed by atoms with Crippen LogP contribution in [0.1, 0.15) is 11.1 Å². The number of rotatable bonds is 8. The molecule has 36 heavy (non-hydrogen) atoms. The van der Waals surface area contributed by atoms with Crippen molar-refractivity contribution in [1.29, 1.82) is 0 Å². The molecule has 10 heteroatoms. The van der Waals surface area contributed by atoms with E-state index in [2.05, 4.69) is 20.3 Å². The van der Waals surface area contributed by atoms with Crippen LogP contribution in [0.5, 0.6) is 5.75 Å². The van der Waals surface area contributed by atoms with E-state index in [1.165, 1.54) is 0 Å². The van der Waals surface area contributed by atoms with Crippen LogP contribution in [0.25, 0.3) is 0 Å². The fourth-order valence-corrected chi connectivity index (χ4v) is 4.13. The van der Waals surface area contributed by atoms with Crippen LogP contribution in [0.15, 0.2) is 59.7 Å². The standard InChI is InChI=1S/C26H29ClN6O3/c27-23-4-2-1-3-21(23)19-36-22-7-5-20(6-8-22)18-28-31-24-17-25(32-9-13-34-14-10-32)30-26(29-24)33-11-15-35-16-12-33/h1-8,17-18H,9-16,19H2,(H,29,30,31)/b28-18+. The molecule has 0 saturated carbocycles. The van der Waals surface area contributed by atoms with Gasteiger partial charge in [-0.15, -0.1) is 0 Å². The Morgan fingerprint density at radius 2 is 1.61 bits per heavy atom. The number of nitrogens with one attached hydrogen (secondary N) is 1. The number of morpholine rings is 2. The first-order valence-electron chi connectivity index (χ1n) is 12.0. The van der Waals surface area contributed by atoms with Crippen molar-refractivity contribution in [1.82, 2.24) is 9.97 Å². The molecule has 1 N–H and O–H groups in total. The summed E-state index contributed by atoms with van der Waals surface area (Å²) in [4.78, 5) is 13.9. The van der Waals surface area contributed by atoms with E-state index in [1.54, 1.807) is 6.21 Å². The molecule has 0 unspecified atom stereocenters. The lowest BCUT2D eigenvalue weighted by Crippen LogP contribution is -2.39. The van der Waals surface area contributed by atoms with Crippen LogP contribution in [-0.2, 0) is 16.1 Å². The van der Waals surface area contributed by atoms with Gasteiger partial charge in [-0.05, 0) is 35.9 Å². The Labute approximate surface area is 215 Å². The van der Waals surface area contributed by atoms with Gasteiger partial charge in [-0.3, -0.25) is 5.43 Å². The first kappa shape index (κ1) is 24.3. The third-order valence-corrected chi connectivity index (χ3v) is 6.32. The highest BCUT2D eigenvalue weighted by Crippen LogP contribution is 2.23. The monoisotopic (exact) mass is 508 g/mol. The summed E-state index contributed by atoms with van der Waals surface area (Å²) in [6, 6.07) is 17.3. The second-order valence-electron chi connectivity index (χ2n) is 8.43. The predicted molar refractivity (Wildman–Crippen MR) is 142 cm³/mol. The Balaban J connectivity index is 1.24. The van der Waals surface area contributed by atoms with Gasteiger partial charge in [0.1, 0.15) is 18.2 Å². The average molecular weight is 509 g/mol. The molecule has 0 amide bonds. The van der Waals surface area contributed by atoms with Gasteiger partial charge in [0.05, 0.1) is 32.6 Å². The van der Waals surface area contributed by atoms with Crippen molar-refractivity contribution in [3.63, 3.8) is 0 Å². The van der Waals surface area contributed by atoms with E-state index in [0.717, 1.165) is 48.9 Å². The van der Waals surface area contributed by atoms with E-state index in [9.17, 15) is 0 Å². The molecule has 1 aromatic heterocycles. The largest absolute Gasteiger partial charge is 0.489 e. The van der Waals surface area contributed by atoms with Gasteiger partial charge in [0.15, 0.2) is 5.82 Å². The Bertz CT molecular complexity index is 1130. The molecule has 9 nitrogen and oxygen atoms in total. The first-order chi connectivity index (χ1) is 17.7. The molecule has 0 aliphatic carbocycles. The maximum absolute atomic E-state index is 6.20. The molecule has 2 aromatic carbocycles. The summed E-state index contributed by atoms with van der Waals surface area (Å²) in [7, 11) is 0. The lowest BCUT2D eigenvalue weighted by Gasteiger charge is -2.31. The summed E-state index contributed by atoms with van der Waals surface area (Å²) in [5, 5.41) is 5.11. The quantitative estimate of drug-likeness (QED) is 0.363. The van der Waals surface area contributed by atoms with E-state index in [1.807, 2.05) is 54.6 Å². The van der Waals surface area contributed by atoms with Gasteiger partial charge in [0.2, 0.25) is 5.95 Å². The molecule has 3 heterocycles. The smallest absolute Gasteiger partial charge is 0.229 e. The van der Waals surface area contributed by atoms with Gasteiger partial charge in [-0.25, -0.2) is 0 Å². The van der Waals surface area contributed by atoms with Crippen LogP contribution >= 0.6 is 11.6 Å². The van der Waals surface area contributed by atoms with Crippen LogP contribution in [0, 0.1) is 0 Å². The summed E-state index contributed by atoms with van der Waals surface area (Å²) in [6.07, 6.45) is 1.75. The van der Waals surface area contributed by atoms with Gasteiger partial charge in [-0.2, -0.15) is 15.1 Å². The molecule has 3 aromatic rings. The van der Waals surface area contributed by atoms with Crippen molar-refractivity contribution in [2.45, 2.75) is 6.61 Å². The molecule has 2 fully saturated rings.